The van der Waals surface area contributed by atoms with Crippen LogP contribution in [-0.2, 0) is 0 Å². The van der Waals surface area contributed by atoms with Crippen LogP contribution >= 0.6 is 22.9 Å². The van der Waals surface area contributed by atoms with E-state index < -0.39 is 23.3 Å². The van der Waals surface area contributed by atoms with Gasteiger partial charge in [-0.05, 0) is 44.0 Å². The lowest BCUT2D eigenvalue weighted by molar-refractivity contribution is 0.107. The van der Waals surface area contributed by atoms with E-state index in [9.17, 15) is 14.0 Å². The largest absolute Gasteiger partial charge is 0.486 e. The fraction of sp³-hybridized carbons (Fsp3) is 0.452. The molecule has 4 atom stereocenters. The maximum Gasteiger partial charge on any atom is 0.319 e. The summed E-state index contributed by atoms with van der Waals surface area (Å²) >= 11 is 7.97. The van der Waals surface area contributed by atoms with Gasteiger partial charge in [-0.3, -0.25) is 4.90 Å². The smallest absolute Gasteiger partial charge is 0.319 e. The summed E-state index contributed by atoms with van der Waals surface area (Å²) in [5.74, 6) is -0.771. The SMILES string of the molecule is CN1c2nc(OC[C@@]34CCCN3C[C@H](F)C4)nc3c(F)c(-c4ccc(F)c5sc(N)c(C#N)c45)c(Cl)c(c23)O[C@H]2CCNC[C@@H]21. The van der Waals surface area contributed by atoms with E-state index in [1.807, 2.05) is 18.0 Å². The van der Waals surface area contributed by atoms with Crippen LogP contribution in [0, 0.1) is 23.0 Å². The summed E-state index contributed by atoms with van der Waals surface area (Å²) < 4.78 is 59.4. The van der Waals surface area contributed by atoms with Gasteiger partial charge < -0.3 is 25.4 Å². The van der Waals surface area contributed by atoms with Gasteiger partial charge in [-0.1, -0.05) is 17.7 Å². The maximum absolute atomic E-state index is 17.0. The van der Waals surface area contributed by atoms with Crippen LogP contribution in [0.5, 0.6) is 11.8 Å². The summed E-state index contributed by atoms with van der Waals surface area (Å²) in [5.41, 5.74) is 5.71. The topological polar surface area (TPSA) is 113 Å². The number of hydrogen-bond acceptors (Lipinski definition) is 10. The van der Waals surface area contributed by atoms with Crippen LogP contribution in [-0.4, -0.2) is 78.6 Å². The van der Waals surface area contributed by atoms with Crippen molar-refractivity contribution in [1.29, 1.82) is 5.26 Å². The van der Waals surface area contributed by atoms with Crippen molar-refractivity contribution in [3.63, 3.8) is 0 Å². The third-order valence-corrected chi connectivity index (χ3v) is 11.2. The lowest BCUT2D eigenvalue weighted by atomic mass is 9.95. The van der Waals surface area contributed by atoms with Crippen molar-refractivity contribution in [2.45, 2.75) is 49.5 Å². The van der Waals surface area contributed by atoms with Crippen LogP contribution in [0.2, 0.25) is 5.02 Å². The number of fused-ring (bicyclic) bond motifs is 3. The lowest BCUT2D eigenvalue weighted by Gasteiger charge is -2.36. The van der Waals surface area contributed by atoms with Crippen molar-refractivity contribution in [1.82, 2.24) is 20.2 Å². The van der Waals surface area contributed by atoms with E-state index in [1.165, 1.54) is 12.1 Å². The minimum atomic E-state index is -0.934. The average Bonchev–Trinajstić information content (AvgIpc) is 3.65. The Labute approximate surface area is 265 Å². The number of nitrogens with zero attached hydrogens (tertiary/aromatic N) is 5. The van der Waals surface area contributed by atoms with Crippen molar-refractivity contribution in [2.75, 3.05) is 50.5 Å². The number of benzene rings is 2. The normalized spacial score (nSPS) is 26.0. The van der Waals surface area contributed by atoms with Crippen molar-refractivity contribution in [3.05, 3.63) is 34.4 Å². The molecule has 14 heteroatoms. The van der Waals surface area contributed by atoms with Gasteiger partial charge in [0.1, 0.15) is 47.1 Å². The Balaban J connectivity index is 1.35. The zero-order valence-corrected chi connectivity index (χ0v) is 25.9. The molecular formula is C31H29ClF3N7O2S. The predicted octanol–water partition coefficient (Wildman–Crippen LogP) is 5.41. The summed E-state index contributed by atoms with van der Waals surface area (Å²) in [6.07, 6.45) is 1.52. The molecule has 4 aliphatic rings. The fourth-order valence-corrected chi connectivity index (χ4v) is 8.98. The Hall–Kier alpha value is -3.57. The molecule has 8 rings (SSSR count). The number of nitrogens with two attached hydrogens (primary N) is 1. The van der Waals surface area contributed by atoms with E-state index in [0.29, 0.717) is 43.7 Å². The van der Waals surface area contributed by atoms with Crippen LogP contribution in [0.25, 0.3) is 32.1 Å². The molecule has 3 saturated heterocycles. The van der Waals surface area contributed by atoms with Crippen LogP contribution in [0.1, 0.15) is 31.2 Å². The fourth-order valence-electron chi connectivity index (χ4n) is 7.71. The van der Waals surface area contributed by atoms with E-state index in [2.05, 4.69) is 15.2 Å². The van der Waals surface area contributed by atoms with Crippen molar-refractivity contribution in [3.8, 4) is 29.0 Å². The number of piperidine rings is 1. The summed E-state index contributed by atoms with van der Waals surface area (Å²) in [6, 6.07) is 4.43. The molecule has 45 heavy (non-hydrogen) atoms. The van der Waals surface area contributed by atoms with E-state index in [1.54, 1.807) is 0 Å². The molecular weight excluding hydrogens is 627 g/mol. The van der Waals surface area contributed by atoms with Crippen LogP contribution in [0.4, 0.5) is 24.0 Å². The first kappa shape index (κ1) is 28.9. The van der Waals surface area contributed by atoms with Crippen LogP contribution < -0.4 is 25.4 Å². The first-order valence-electron chi connectivity index (χ1n) is 15.0. The van der Waals surface area contributed by atoms with Crippen LogP contribution in [0.3, 0.4) is 0 Å². The summed E-state index contributed by atoms with van der Waals surface area (Å²) in [6.45, 7) is 2.64. The van der Waals surface area contributed by atoms with Gasteiger partial charge >= 0.3 is 6.01 Å². The quantitative estimate of drug-likeness (QED) is 0.298. The summed E-state index contributed by atoms with van der Waals surface area (Å²) in [5, 5.41) is 13.8. The predicted molar refractivity (Wildman–Crippen MR) is 167 cm³/mol. The van der Waals surface area contributed by atoms with E-state index in [-0.39, 0.29) is 72.8 Å². The van der Waals surface area contributed by atoms with Crippen molar-refractivity contribution >= 4 is 54.7 Å². The van der Waals surface area contributed by atoms with Gasteiger partial charge in [0.25, 0.3) is 0 Å². The Bertz CT molecular complexity index is 1940. The number of nitrogens with one attached hydrogen (secondary N) is 1. The Morgan fingerprint density at radius 2 is 2.16 bits per heavy atom. The molecule has 234 valence electrons. The first-order valence-corrected chi connectivity index (χ1v) is 16.2. The molecule has 2 aromatic carbocycles. The number of nitriles is 1. The highest BCUT2D eigenvalue weighted by Gasteiger charge is 2.49. The number of aromatic nitrogens is 2. The minimum absolute atomic E-state index is 0.0342. The molecule has 0 radical (unpaired) electrons. The number of anilines is 2. The highest BCUT2D eigenvalue weighted by atomic mass is 35.5. The molecule has 0 saturated carbocycles. The zero-order valence-electron chi connectivity index (χ0n) is 24.3. The second kappa shape index (κ2) is 10.5. The molecule has 0 amide bonds. The molecule has 0 spiro atoms. The molecule has 9 nitrogen and oxygen atoms in total. The maximum atomic E-state index is 17.0. The number of hydrogen-bond donors (Lipinski definition) is 2. The standard InChI is InChI=1S/C31H29ClF3N7O2S/c1-41-18-11-38-7-5-19(18)44-26-22-25(39-30(40-29(22)41)43-13-31-6-2-8-42(31)12-14(33)9-31)24(35)21(23(26)32)15-3-4-17(34)27-20(15)16(10-36)28(37)45-27/h3-4,14,18-19,38H,2,5-9,11-13,37H2,1H3/t14-,18+,19+,31+/m1/s1. The molecule has 4 aromatic rings. The number of nitrogen functional groups attached to an aromatic ring is 1. The van der Waals surface area contributed by atoms with Gasteiger partial charge in [0.05, 0.1) is 32.3 Å². The molecule has 0 unspecified atom stereocenters. The van der Waals surface area contributed by atoms with Gasteiger partial charge in [0.15, 0.2) is 11.6 Å². The van der Waals surface area contributed by atoms with Crippen molar-refractivity contribution < 1.29 is 22.6 Å². The third kappa shape index (κ3) is 4.26. The van der Waals surface area contributed by atoms with E-state index >= 15 is 4.39 Å². The summed E-state index contributed by atoms with van der Waals surface area (Å²) in [4.78, 5) is 13.4. The number of alkyl halides is 1. The third-order valence-electron chi connectivity index (χ3n) is 9.86. The second-order valence-electron chi connectivity index (χ2n) is 12.3. The van der Waals surface area contributed by atoms with Gasteiger partial charge in [-0.25, -0.2) is 13.2 Å². The number of ether oxygens (including phenoxy) is 2. The van der Waals surface area contributed by atoms with Gasteiger partial charge in [0, 0.05) is 37.5 Å². The molecule has 0 aliphatic carbocycles. The monoisotopic (exact) mass is 655 g/mol. The van der Waals surface area contributed by atoms with Gasteiger partial charge in [-0.2, -0.15) is 15.2 Å². The molecule has 6 heterocycles. The Morgan fingerprint density at radius 3 is 2.98 bits per heavy atom. The van der Waals surface area contributed by atoms with Crippen LogP contribution in [0.15, 0.2) is 12.1 Å². The Kier molecular flexibility index (Phi) is 6.73. The first-order chi connectivity index (χ1) is 21.7. The van der Waals surface area contributed by atoms with Crippen molar-refractivity contribution in [2.24, 2.45) is 0 Å². The number of rotatable bonds is 4. The van der Waals surface area contributed by atoms with E-state index in [0.717, 1.165) is 30.7 Å². The molecule has 3 fully saturated rings. The number of thiophene rings is 1. The lowest BCUT2D eigenvalue weighted by Crippen LogP contribution is -2.54. The average molecular weight is 656 g/mol. The summed E-state index contributed by atoms with van der Waals surface area (Å²) in [7, 11) is 1.87. The molecule has 3 N–H and O–H groups in total. The number of halogens is 4. The van der Waals surface area contributed by atoms with E-state index in [4.69, 9.17) is 31.8 Å². The molecule has 0 bridgehead atoms. The molecule has 2 aromatic heterocycles. The highest BCUT2D eigenvalue weighted by molar-refractivity contribution is 7.23. The zero-order chi connectivity index (χ0) is 31.2. The molecule has 4 aliphatic heterocycles. The van der Waals surface area contributed by atoms with Gasteiger partial charge in [0.2, 0.25) is 0 Å². The highest BCUT2D eigenvalue weighted by Crippen LogP contribution is 2.52. The Morgan fingerprint density at radius 1 is 1.31 bits per heavy atom. The second-order valence-corrected chi connectivity index (χ2v) is 13.8. The number of likely N-dealkylation sites (N-methyl/N-ethyl adjacent to an activating group) is 1. The minimum Gasteiger partial charge on any atom is -0.486 e. The van der Waals surface area contributed by atoms with Gasteiger partial charge in [-0.15, -0.1) is 11.3 Å².